The van der Waals surface area contributed by atoms with Gasteiger partial charge in [-0.1, -0.05) is 17.7 Å². The molecule has 0 saturated carbocycles. The van der Waals surface area contributed by atoms with Crippen LogP contribution in [0.15, 0.2) is 12.1 Å². The number of hydrogen-bond acceptors (Lipinski definition) is 5. The van der Waals surface area contributed by atoms with Crippen LogP contribution in [0, 0.1) is 27.7 Å². The van der Waals surface area contributed by atoms with Gasteiger partial charge in [0.1, 0.15) is 5.69 Å². The molecule has 2 N–H and O–H groups in total. The number of H-pyrrole nitrogens is 1. The van der Waals surface area contributed by atoms with Gasteiger partial charge in [0, 0.05) is 5.69 Å². The summed E-state index contributed by atoms with van der Waals surface area (Å²) in [6.45, 7) is 8.41. The van der Waals surface area contributed by atoms with E-state index in [9.17, 15) is 14.4 Å². The molecule has 0 spiro atoms. The second-order valence-corrected chi connectivity index (χ2v) is 6.82. The summed E-state index contributed by atoms with van der Waals surface area (Å²) >= 11 is 6.17. The Morgan fingerprint density at radius 3 is 2.36 bits per heavy atom. The fourth-order valence-corrected chi connectivity index (χ4v) is 3.28. The molecule has 0 aliphatic heterocycles. The Bertz CT molecular complexity index is 910. The molecule has 0 atom stereocenters. The number of hydrogen-bond donors (Lipinski definition) is 2. The molecule has 0 bridgehead atoms. The number of nitrogens with one attached hydrogen (secondary N) is 2. The highest BCUT2D eigenvalue weighted by atomic mass is 35.5. The van der Waals surface area contributed by atoms with E-state index in [0.29, 0.717) is 22.0 Å². The zero-order valence-electron chi connectivity index (χ0n) is 16.5. The summed E-state index contributed by atoms with van der Waals surface area (Å²) < 4.78 is 10.1. The highest BCUT2D eigenvalue weighted by molar-refractivity contribution is 6.34. The molecule has 28 heavy (non-hydrogen) atoms. The number of ether oxygens (including phenoxy) is 2. The van der Waals surface area contributed by atoms with Crippen molar-refractivity contribution >= 4 is 35.1 Å². The lowest BCUT2D eigenvalue weighted by Gasteiger charge is -2.12. The number of benzene rings is 1. The lowest BCUT2D eigenvalue weighted by Crippen LogP contribution is -2.22. The van der Waals surface area contributed by atoms with E-state index in [2.05, 4.69) is 10.3 Å². The van der Waals surface area contributed by atoms with Crippen LogP contribution in [0.5, 0.6) is 0 Å². The zero-order chi connectivity index (χ0) is 21.0. The van der Waals surface area contributed by atoms with Crippen molar-refractivity contribution in [3.63, 3.8) is 0 Å². The molecule has 0 fully saturated rings. The number of aromatic amines is 1. The van der Waals surface area contributed by atoms with E-state index in [1.54, 1.807) is 26.8 Å². The first-order valence-electron chi connectivity index (χ1n) is 8.75. The van der Waals surface area contributed by atoms with E-state index in [4.69, 9.17) is 21.1 Å². The standard InChI is InChI=1S/C20H23ClN2O5/c1-6-27-20(26)18-12(4)16(13(5)22-18)19(25)28-9-15(24)23-17-11(3)7-10(2)8-14(17)21/h7-8,22H,6,9H2,1-5H3,(H,23,24). The number of anilines is 1. The van der Waals surface area contributed by atoms with Gasteiger partial charge in [-0.15, -0.1) is 0 Å². The van der Waals surface area contributed by atoms with Gasteiger partial charge in [0.15, 0.2) is 6.61 Å². The van der Waals surface area contributed by atoms with Crippen LogP contribution in [0.1, 0.15) is 50.2 Å². The normalized spacial score (nSPS) is 10.5. The fraction of sp³-hybridized carbons (Fsp3) is 0.350. The quantitative estimate of drug-likeness (QED) is 0.709. The van der Waals surface area contributed by atoms with Gasteiger partial charge in [-0.3, -0.25) is 4.79 Å². The summed E-state index contributed by atoms with van der Waals surface area (Å²) in [6, 6.07) is 3.62. The Balaban J connectivity index is 2.07. The van der Waals surface area contributed by atoms with Crippen molar-refractivity contribution in [1.82, 2.24) is 4.98 Å². The van der Waals surface area contributed by atoms with E-state index in [1.807, 2.05) is 19.9 Å². The third-order valence-corrected chi connectivity index (χ3v) is 4.45. The van der Waals surface area contributed by atoms with E-state index in [-0.39, 0.29) is 17.9 Å². The number of halogens is 1. The maximum atomic E-state index is 12.4. The SMILES string of the molecule is CCOC(=O)c1[nH]c(C)c(C(=O)OCC(=O)Nc2c(C)cc(C)cc2Cl)c1C. The molecule has 0 unspecified atom stereocenters. The van der Waals surface area contributed by atoms with Gasteiger partial charge in [-0.2, -0.15) is 0 Å². The topological polar surface area (TPSA) is 97.5 Å². The Kier molecular flexibility index (Phi) is 6.85. The van der Waals surface area contributed by atoms with Crippen LogP contribution < -0.4 is 5.32 Å². The van der Waals surface area contributed by atoms with Crippen molar-refractivity contribution < 1.29 is 23.9 Å². The molecule has 1 aromatic heterocycles. The lowest BCUT2D eigenvalue weighted by molar-refractivity contribution is -0.119. The zero-order valence-corrected chi connectivity index (χ0v) is 17.2. The number of aromatic nitrogens is 1. The number of carbonyl (C=O) groups excluding carboxylic acids is 3. The van der Waals surface area contributed by atoms with E-state index in [0.717, 1.165) is 11.1 Å². The molecule has 2 aromatic rings. The van der Waals surface area contributed by atoms with Crippen molar-refractivity contribution in [2.75, 3.05) is 18.5 Å². The number of amides is 1. The highest BCUT2D eigenvalue weighted by Crippen LogP contribution is 2.27. The van der Waals surface area contributed by atoms with Crippen LogP contribution >= 0.6 is 11.6 Å². The molecular formula is C20H23ClN2O5. The average molecular weight is 407 g/mol. The first-order valence-corrected chi connectivity index (χ1v) is 9.13. The summed E-state index contributed by atoms with van der Waals surface area (Å²) in [5.74, 6) is -1.77. The molecule has 2 rings (SSSR count). The largest absolute Gasteiger partial charge is 0.461 e. The first-order chi connectivity index (χ1) is 13.1. The van der Waals surface area contributed by atoms with Gasteiger partial charge in [0.2, 0.25) is 0 Å². The van der Waals surface area contributed by atoms with Gasteiger partial charge in [-0.05, 0) is 57.4 Å². The minimum absolute atomic E-state index is 0.192. The van der Waals surface area contributed by atoms with Crippen LogP contribution in [0.2, 0.25) is 5.02 Å². The number of esters is 2. The molecule has 1 aromatic carbocycles. The predicted molar refractivity (Wildman–Crippen MR) is 106 cm³/mol. The molecule has 0 aliphatic carbocycles. The molecule has 1 amide bonds. The van der Waals surface area contributed by atoms with Gasteiger partial charge in [-0.25, -0.2) is 9.59 Å². The molecule has 7 nitrogen and oxygen atoms in total. The van der Waals surface area contributed by atoms with Crippen LogP contribution in [-0.4, -0.2) is 36.0 Å². The van der Waals surface area contributed by atoms with Gasteiger partial charge in [0.25, 0.3) is 5.91 Å². The second-order valence-electron chi connectivity index (χ2n) is 6.41. The van der Waals surface area contributed by atoms with Crippen LogP contribution in [0.4, 0.5) is 5.69 Å². The van der Waals surface area contributed by atoms with Crippen molar-refractivity contribution in [2.24, 2.45) is 0 Å². The smallest absolute Gasteiger partial charge is 0.355 e. The maximum Gasteiger partial charge on any atom is 0.355 e. The first kappa shape index (κ1) is 21.5. The number of rotatable bonds is 6. The number of aryl methyl sites for hydroxylation is 3. The van der Waals surface area contributed by atoms with Gasteiger partial charge < -0.3 is 19.8 Å². The van der Waals surface area contributed by atoms with Crippen LogP contribution in [0.3, 0.4) is 0 Å². The summed E-state index contributed by atoms with van der Waals surface area (Å²) in [4.78, 5) is 39.4. The van der Waals surface area contributed by atoms with E-state index < -0.39 is 24.5 Å². The van der Waals surface area contributed by atoms with Crippen molar-refractivity contribution in [3.05, 3.63) is 50.8 Å². The minimum Gasteiger partial charge on any atom is -0.461 e. The molecule has 0 aliphatic rings. The third kappa shape index (κ3) is 4.72. The Morgan fingerprint density at radius 2 is 1.75 bits per heavy atom. The molecule has 150 valence electrons. The average Bonchev–Trinajstić information content (AvgIpc) is 2.90. The Hall–Kier alpha value is -2.80. The molecular weight excluding hydrogens is 384 g/mol. The summed E-state index contributed by atoms with van der Waals surface area (Å²) in [5, 5.41) is 3.06. The van der Waals surface area contributed by atoms with Crippen molar-refractivity contribution in [3.8, 4) is 0 Å². The lowest BCUT2D eigenvalue weighted by atomic mass is 10.1. The van der Waals surface area contributed by atoms with Crippen molar-refractivity contribution in [1.29, 1.82) is 0 Å². The monoisotopic (exact) mass is 406 g/mol. The number of carbonyl (C=O) groups is 3. The highest BCUT2D eigenvalue weighted by Gasteiger charge is 2.24. The molecule has 8 heteroatoms. The Labute approximate surface area is 168 Å². The van der Waals surface area contributed by atoms with E-state index >= 15 is 0 Å². The van der Waals surface area contributed by atoms with Crippen LogP contribution in [-0.2, 0) is 14.3 Å². The van der Waals surface area contributed by atoms with Gasteiger partial charge in [0.05, 0.1) is 22.9 Å². The summed E-state index contributed by atoms with van der Waals surface area (Å²) in [5.41, 5.74) is 3.54. The summed E-state index contributed by atoms with van der Waals surface area (Å²) in [6.07, 6.45) is 0. The summed E-state index contributed by atoms with van der Waals surface area (Å²) in [7, 11) is 0. The van der Waals surface area contributed by atoms with Crippen LogP contribution in [0.25, 0.3) is 0 Å². The third-order valence-electron chi connectivity index (χ3n) is 4.15. The Morgan fingerprint density at radius 1 is 1.07 bits per heavy atom. The van der Waals surface area contributed by atoms with Gasteiger partial charge >= 0.3 is 11.9 Å². The minimum atomic E-state index is -0.705. The molecule has 0 saturated heterocycles. The fourth-order valence-electron chi connectivity index (χ4n) is 2.92. The second kappa shape index (κ2) is 8.93. The van der Waals surface area contributed by atoms with Crippen molar-refractivity contribution in [2.45, 2.75) is 34.6 Å². The molecule has 0 radical (unpaired) electrons. The maximum absolute atomic E-state index is 12.4. The predicted octanol–water partition coefficient (Wildman–Crippen LogP) is 3.87. The van der Waals surface area contributed by atoms with E-state index in [1.165, 1.54) is 0 Å². The molecule has 1 heterocycles.